The summed E-state index contributed by atoms with van der Waals surface area (Å²) in [5.41, 5.74) is 4.30. The molecule has 24 nitrogen and oxygen atoms in total. The Bertz CT molecular complexity index is 3310. The maximum absolute atomic E-state index is 14.8. The maximum Gasteiger partial charge on any atom is 0.247 e. The van der Waals surface area contributed by atoms with Crippen molar-refractivity contribution < 1.29 is 52.6 Å². The monoisotopic (exact) mass is 1350 g/mol. The second kappa shape index (κ2) is 38.1. The van der Waals surface area contributed by atoms with E-state index < -0.39 is 60.1 Å². The number of rotatable bonds is 37. The molecule has 98 heavy (non-hydrogen) atoms. The highest BCUT2D eigenvalue weighted by atomic mass is 16.5. The van der Waals surface area contributed by atoms with Gasteiger partial charge in [0, 0.05) is 56.7 Å². The Morgan fingerprint density at radius 2 is 1.06 bits per heavy atom. The third-order valence-electron chi connectivity index (χ3n) is 19.7. The van der Waals surface area contributed by atoms with Gasteiger partial charge in [0.25, 0.3) is 0 Å². The summed E-state index contributed by atoms with van der Waals surface area (Å²) in [7, 11) is 3.41. The summed E-state index contributed by atoms with van der Waals surface area (Å²) in [5, 5.41) is 32.9. The molecule has 0 saturated carbocycles. The Morgan fingerprint density at radius 1 is 0.551 bits per heavy atom. The zero-order valence-electron chi connectivity index (χ0n) is 57.2. The molecule has 4 saturated heterocycles. The average molecular weight is 1350 g/mol. The molecule has 0 radical (unpaired) electrons. The molecule has 24 heteroatoms. The molecule has 0 bridgehead atoms. The van der Waals surface area contributed by atoms with Gasteiger partial charge in [-0.3, -0.25) is 43.0 Å². The molecule has 5 aromatic rings. The number of aryl methyl sites for hydroxylation is 2. The van der Waals surface area contributed by atoms with E-state index in [0.29, 0.717) is 82.4 Å². The number of hydrogen-bond acceptors (Lipinski definition) is 15. The number of nitrogens with zero attached hydrogens (tertiary/aromatic N) is 5. The summed E-state index contributed by atoms with van der Waals surface area (Å²) >= 11 is 0. The minimum Gasteiger partial charge on any atom is -0.377 e. The highest BCUT2D eigenvalue weighted by Crippen LogP contribution is 2.38. The Morgan fingerprint density at radius 3 is 1.63 bits per heavy atom. The molecule has 0 aliphatic carbocycles. The first kappa shape index (κ1) is 73.8. The van der Waals surface area contributed by atoms with Crippen LogP contribution in [0.1, 0.15) is 137 Å². The number of carbonyl (C=O) groups excluding carboxylic acids is 8. The van der Waals surface area contributed by atoms with E-state index in [1.54, 1.807) is 66.0 Å². The van der Waals surface area contributed by atoms with Crippen LogP contribution in [0.25, 0.3) is 0 Å². The minimum absolute atomic E-state index is 0.0884. The molecule has 8 N–H and O–H groups in total. The van der Waals surface area contributed by atoms with Gasteiger partial charge < -0.3 is 66.5 Å². The van der Waals surface area contributed by atoms with Crippen molar-refractivity contribution in [3.63, 3.8) is 0 Å². The molecule has 528 valence electrons. The summed E-state index contributed by atoms with van der Waals surface area (Å²) in [5.74, 6) is -2.82. The number of unbranched alkanes of at least 4 members (excludes halogenated alkanes) is 1. The van der Waals surface area contributed by atoms with E-state index in [1.165, 1.54) is 5.56 Å². The molecule has 4 aromatic carbocycles. The van der Waals surface area contributed by atoms with Crippen LogP contribution < -0.4 is 42.5 Å². The van der Waals surface area contributed by atoms with Crippen LogP contribution in [0.5, 0.6) is 0 Å². The minimum atomic E-state index is -1.03. The molecule has 4 fully saturated rings. The molecule has 9 rings (SSSR count). The van der Waals surface area contributed by atoms with Crippen LogP contribution in [0.4, 0.5) is 0 Å². The lowest BCUT2D eigenvalue weighted by Gasteiger charge is -2.33. The molecule has 11 atom stereocenters. The second-order valence-electron chi connectivity index (χ2n) is 26.1. The summed E-state index contributed by atoms with van der Waals surface area (Å²) in [6.07, 6.45) is 11.3. The van der Waals surface area contributed by atoms with Crippen LogP contribution in [0, 0.1) is 11.8 Å². The maximum atomic E-state index is 14.8. The first-order valence-electron chi connectivity index (χ1n) is 35.3. The lowest BCUT2D eigenvalue weighted by Crippen LogP contribution is -2.58. The van der Waals surface area contributed by atoms with Gasteiger partial charge in [0.15, 0.2) is 0 Å². The number of amides is 8. The van der Waals surface area contributed by atoms with Crippen LogP contribution in [0.2, 0.25) is 0 Å². The van der Waals surface area contributed by atoms with E-state index >= 15 is 0 Å². The van der Waals surface area contributed by atoms with Crippen molar-refractivity contribution in [2.75, 3.05) is 66.8 Å². The lowest BCUT2D eigenvalue weighted by atomic mass is 9.88. The average Bonchev–Trinajstić information content (AvgIpc) is 1.64. The van der Waals surface area contributed by atoms with Gasteiger partial charge in [-0.1, -0.05) is 140 Å². The number of likely N-dealkylation sites (N-methyl/N-ethyl adjacent to an activating group) is 2. The van der Waals surface area contributed by atoms with Gasteiger partial charge >= 0.3 is 0 Å². The second-order valence-corrected chi connectivity index (χ2v) is 26.1. The normalized spacial score (nSPS) is 21.6. The number of benzene rings is 4. The third-order valence-corrected chi connectivity index (χ3v) is 19.7. The molecule has 5 heterocycles. The van der Waals surface area contributed by atoms with E-state index in [-0.39, 0.29) is 105 Å². The smallest absolute Gasteiger partial charge is 0.247 e. The van der Waals surface area contributed by atoms with E-state index in [4.69, 9.17) is 14.2 Å². The zero-order valence-corrected chi connectivity index (χ0v) is 57.2. The van der Waals surface area contributed by atoms with Crippen molar-refractivity contribution in [1.29, 1.82) is 0 Å². The molecular weight excluding hydrogens is 1250 g/mol. The highest BCUT2D eigenvalue weighted by Gasteiger charge is 2.50. The Kier molecular flexibility index (Phi) is 28.7. The van der Waals surface area contributed by atoms with Crippen molar-refractivity contribution in [3.05, 3.63) is 155 Å². The van der Waals surface area contributed by atoms with Gasteiger partial charge in [-0.15, -0.1) is 5.10 Å². The van der Waals surface area contributed by atoms with Gasteiger partial charge in [0.1, 0.15) is 30.2 Å². The Hall–Kier alpha value is -8.42. The summed E-state index contributed by atoms with van der Waals surface area (Å²) in [6, 6.07) is 32.8. The van der Waals surface area contributed by atoms with Gasteiger partial charge in [-0.05, 0) is 126 Å². The number of ether oxygens (including phenoxy) is 3. The van der Waals surface area contributed by atoms with E-state index in [2.05, 4.69) is 65.0 Å². The Balaban J connectivity index is 0.658. The molecule has 4 aliphatic heterocycles. The lowest BCUT2D eigenvalue weighted by molar-refractivity contribution is -0.144. The van der Waals surface area contributed by atoms with Crippen LogP contribution in [-0.2, 0) is 72.0 Å². The topological polar surface area (TPSA) is 298 Å². The standard InChI is InChI=1S/C74H101N13O11/c1-5-60(76-4)69(90)82-66-55(29-19-18-22-51-20-10-6-11-21-51)30-33-58-35-38-62(86(58)73(66)94)71(92)80-65(54-27-16-9-17-28-54)72(93)78-41-43-97-45-47-98-46-44-96-42-40-77-63(88)39-32-57-49-85(84-83-57)48-56-31-34-59-36-37-61(87(59)74(95)67(56)81-68(89)50(2)75-3)70(91)79-64(52-23-12-7-13-24-52)53-25-14-8-15-26-53/h6-17,20-21,23-28,49-50,55-56,58-62,64-67,75-76H,5,18-19,22,29-48H2,1-4H3,(H,77,88)(H,78,93)(H,79,91)(H,80,92)(H,81,89)(H,82,90)/t50-,55-,56+,58-,59-,60-,61-,62-,65-,66-,67-/m0/s1. The van der Waals surface area contributed by atoms with Crippen LogP contribution >= 0.6 is 0 Å². The van der Waals surface area contributed by atoms with Crippen LogP contribution in [0.3, 0.4) is 0 Å². The van der Waals surface area contributed by atoms with Crippen molar-refractivity contribution in [2.24, 2.45) is 11.8 Å². The molecule has 4 aliphatic rings. The van der Waals surface area contributed by atoms with Gasteiger partial charge in [0.05, 0.1) is 63.5 Å². The predicted octanol–water partition coefficient (Wildman–Crippen LogP) is 4.78. The van der Waals surface area contributed by atoms with Crippen LogP contribution in [0.15, 0.2) is 128 Å². The number of aromatic nitrogens is 3. The largest absolute Gasteiger partial charge is 0.377 e. The van der Waals surface area contributed by atoms with Crippen molar-refractivity contribution in [1.82, 2.24) is 67.3 Å². The van der Waals surface area contributed by atoms with Crippen molar-refractivity contribution in [3.8, 4) is 0 Å². The van der Waals surface area contributed by atoms with Gasteiger partial charge in [-0.2, -0.15) is 0 Å². The molecule has 1 aromatic heterocycles. The summed E-state index contributed by atoms with van der Waals surface area (Å²) in [4.78, 5) is 116. The molecule has 0 unspecified atom stereocenters. The fourth-order valence-corrected chi connectivity index (χ4v) is 14.2. The quantitative estimate of drug-likeness (QED) is 0.0248. The van der Waals surface area contributed by atoms with Crippen molar-refractivity contribution in [2.45, 2.75) is 177 Å². The van der Waals surface area contributed by atoms with E-state index in [0.717, 1.165) is 49.7 Å². The first-order chi connectivity index (χ1) is 47.7. The van der Waals surface area contributed by atoms with Gasteiger partial charge in [-0.25, -0.2) is 0 Å². The fourth-order valence-electron chi connectivity index (χ4n) is 14.2. The number of fused-ring (bicyclic) bond motifs is 2. The van der Waals surface area contributed by atoms with E-state index in [1.807, 2.05) is 91.9 Å². The molecule has 0 spiro atoms. The SMILES string of the molecule is CC[C@H](NC)C(=O)N[C@@H]1C(=O)N2[C@@H](CC[C@@H]1CCCCc1ccccc1)CC[C@H]2C(=O)N[C@H](C(=O)NCCOCCOCCOCCNC(=O)CCc1cn(C[C@H]2CC[C@H]3CC[C@@H](C(=O)NC(c4ccccc4)c4ccccc4)N3C(=O)[C@H]2NC(=O)[C@H](C)NC)nn1)c1ccccc1. The third kappa shape index (κ3) is 20.6. The van der Waals surface area contributed by atoms with E-state index in [9.17, 15) is 38.4 Å². The predicted molar refractivity (Wildman–Crippen MR) is 369 cm³/mol. The summed E-state index contributed by atoms with van der Waals surface area (Å²) in [6.45, 7) is 5.99. The molecule has 8 amide bonds. The van der Waals surface area contributed by atoms with Gasteiger partial charge in [0.2, 0.25) is 47.3 Å². The highest BCUT2D eigenvalue weighted by molar-refractivity contribution is 5.97. The first-order valence-corrected chi connectivity index (χ1v) is 35.3. The number of hydrogen-bond donors (Lipinski definition) is 8. The van der Waals surface area contributed by atoms with Crippen LogP contribution in [-0.4, -0.2) is 187 Å². The Labute approximate surface area is 576 Å². The number of carbonyl (C=O) groups is 8. The summed E-state index contributed by atoms with van der Waals surface area (Å²) < 4.78 is 18.8. The molecular formula is C74H101N13O11. The van der Waals surface area contributed by atoms with Crippen molar-refractivity contribution >= 4 is 47.3 Å². The number of nitrogens with one attached hydrogen (secondary N) is 8. The zero-order chi connectivity index (χ0) is 69.2. The fraction of sp³-hybridized carbons (Fsp3) is 0.541.